The molecular weight excluding hydrogens is 182 g/mol. The van der Waals surface area contributed by atoms with Crippen molar-refractivity contribution in [3.8, 4) is 0 Å². The molecule has 1 N–H and O–H groups in total. The average molecular weight is 201 g/mol. The summed E-state index contributed by atoms with van der Waals surface area (Å²) in [5.41, 5.74) is 3.60. The van der Waals surface area contributed by atoms with Gasteiger partial charge in [-0.15, -0.1) is 0 Å². The molecule has 80 valence electrons. The lowest BCUT2D eigenvalue weighted by molar-refractivity contribution is 0.239. The molecule has 1 fully saturated rings. The second-order valence-corrected chi connectivity index (χ2v) is 5.37. The van der Waals surface area contributed by atoms with Crippen LogP contribution in [0.25, 0.3) is 0 Å². The molecule has 0 bridgehead atoms. The van der Waals surface area contributed by atoms with E-state index in [0.29, 0.717) is 11.5 Å². The summed E-state index contributed by atoms with van der Waals surface area (Å²) in [7, 11) is 0. The van der Waals surface area contributed by atoms with E-state index >= 15 is 0 Å². The second kappa shape index (κ2) is 3.34. The van der Waals surface area contributed by atoms with Crippen molar-refractivity contribution in [2.45, 2.75) is 38.6 Å². The number of nitrogens with one attached hydrogen (secondary N) is 1. The Morgan fingerprint density at radius 2 is 2.13 bits per heavy atom. The first-order valence-electron chi connectivity index (χ1n) is 6.11. The topological polar surface area (TPSA) is 12.0 Å². The van der Waals surface area contributed by atoms with Crippen molar-refractivity contribution >= 4 is 0 Å². The molecule has 2 atom stereocenters. The van der Waals surface area contributed by atoms with Crippen molar-refractivity contribution in [3.63, 3.8) is 0 Å². The van der Waals surface area contributed by atoms with Crippen LogP contribution in [-0.2, 0) is 6.42 Å². The largest absolute Gasteiger partial charge is 0.309 e. The van der Waals surface area contributed by atoms with Gasteiger partial charge in [-0.05, 0) is 42.3 Å². The standard InChI is InChI=1S/C14H19N/c1-14-8-4-5-9-15-13(14)12-7-3-2-6-11(12)10-14/h2-3,6-7,13,15H,4-5,8-10H2,1H3. The normalized spacial score (nSPS) is 34.3. The summed E-state index contributed by atoms with van der Waals surface area (Å²) in [5.74, 6) is 0. The van der Waals surface area contributed by atoms with Crippen LogP contribution >= 0.6 is 0 Å². The highest BCUT2D eigenvalue weighted by Crippen LogP contribution is 2.49. The lowest BCUT2D eigenvalue weighted by atomic mass is 9.79. The summed E-state index contributed by atoms with van der Waals surface area (Å²) >= 11 is 0. The average Bonchev–Trinajstić information content (AvgIpc) is 2.39. The molecule has 1 aromatic rings. The van der Waals surface area contributed by atoms with E-state index in [1.807, 2.05) is 0 Å². The Kier molecular flexibility index (Phi) is 2.10. The van der Waals surface area contributed by atoms with Crippen molar-refractivity contribution in [2.75, 3.05) is 6.54 Å². The van der Waals surface area contributed by atoms with Gasteiger partial charge in [-0.25, -0.2) is 0 Å². The Hall–Kier alpha value is -0.820. The maximum absolute atomic E-state index is 3.74. The van der Waals surface area contributed by atoms with E-state index in [0.717, 1.165) is 0 Å². The third-order valence-electron chi connectivity index (χ3n) is 4.18. The first-order chi connectivity index (χ1) is 7.30. The van der Waals surface area contributed by atoms with Gasteiger partial charge in [0.1, 0.15) is 0 Å². The summed E-state index contributed by atoms with van der Waals surface area (Å²) < 4.78 is 0. The Labute approximate surface area is 91.9 Å². The van der Waals surface area contributed by atoms with E-state index in [-0.39, 0.29) is 0 Å². The zero-order valence-electron chi connectivity index (χ0n) is 9.42. The van der Waals surface area contributed by atoms with Crippen molar-refractivity contribution < 1.29 is 0 Å². The minimum Gasteiger partial charge on any atom is -0.309 e. The molecule has 2 aliphatic rings. The van der Waals surface area contributed by atoms with Crippen LogP contribution in [0.3, 0.4) is 0 Å². The van der Waals surface area contributed by atoms with Gasteiger partial charge in [0.2, 0.25) is 0 Å². The maximum atomic E-state index is 3.74. The molecular formula is C14H19N. The highest BCUT2D eigenvalue weighted by molar-refractivity contribution is 5.38. The van der Waals surface area contributed by atoms with Crippen molar-refractivity contribution in [1.29, 1.82) is 0 Å². The van der Waals surface area contributed by atoms with Gasteiger partial charge in [-0.1, -0.05) is 37.6 Å². The monoisotopic (exact) mass is 201 g/mol. The number of hydrogen-bond acceptors (Lipinski definition) is 1. The maximum Gasteiger partial charge on any atom is 0.0380 e. The van der Waals surface area contributed by atoms with Gasteiger partial charge in [-0.2, -0.15) is 0 Å². The van der Waals surface area contributed by atoms with Gasteiger partial charge in [0.25, 0.3) is 0 Å². The molecule has 0 saturated carbocycles. The fourth-order valence-electron chi connectivity index (χ4n) is 3.38. The van der Waals surface area contributed by atoms with E-state index < -0.39 is 0 Å². The Morgan fingerprint density at radius 3 is 3.07 bits per heavy atom. The zero-order valence-corrected chi connectivity index (χ0v) is 9.42. The fourth-order valence-corrected chi connectivity index (χ4v) is 3.38. The third kappa shape index (κ3) is 1.41. The Morgan fingerprint density at radius 1 is 1.27 bits per heavy atom. The van der Waals surface area contributed by atoms with Crippen LogP contribution in [-0.4, -0.2) is 6.54 Å². The first kappa shape index (κ1) is 9.41. The molecule has 0 amide bonds. The van der Waals surface area contributed by atoms with E-state index in [9.17, 15) is 0 Å². The highest BCUT2D eigenvalue weighted by Gasteiger charge is 2.42. The molecule has 1 aliphatic carbocycles. The zero-order chi connectivity index (χ0) is 10.3. The molecule has 1 aromatic carbocycles. The van der Waals surface area contributed by atoms with Gasteiger partial charge in [-0.3, -0.25) is 0 Å². The van der Waals surface area contributed by atoms with Crippen LogP contribution in [0.1, 0.15) is 43.4 Å². The van der Waals surface area contributed by atoms with Gasteiger partial charge in [0, 0.05) is 6.04 Å². The van der Waals surface area contributed by atoms with Crippen LogP contribution in [0.15, 0.2) is 24.3 Å². The Balaban J connectivity index is 2.03. The smallest absolute Gasteiger partial charge is 0.0380 e. The van der Waals surface area contributed by atoms with Crippen LogP contribution in [0.4, 0.5) is 0 Å². The molecule has 15 heavy (non-hydrogen) atoms. The molecule has 3 rings (SSSR count). The second-order valence-electron chi connectivity index (χ2n) is 5.37. The summed E-state index contributed by atoms with van der Waals surface area (Å²) in [6.45, 7) is 3.64. The van der Waals surface area contributed by atoms with E-state index in [2.05, 4.69) is 36.5 Å². The van der Waals surface area contributed by atoms with Gasteiger partial charge < -0.3 is 5.32 Å². The molecule has 0 radical (unpaired) electrons. The predicted octanol–water partition coefficient (Wildman–Crippen LogP) is 3.06. The molecule has 1 nitrogen and oxygen atoms in total. The lowest BCUT2D eigenvalue weighted by Crippen LogP contribution is -2.31. The van der Waals surface area contributed by atoms with E-state index in [4.69, 9.17) is 0 Å². The van der Waals surface area contributed by atoms with Crippen molar-refractivity contribution in [3.05, 3.63) is 35.4 Å². The number of fused-ring (bicyclic) bond motifs is 3. The molecule has 0 aromatic heterocycles. The SMILES string of the molecule is CC12CCCCNC1c1ccccc1C2. The molecule has 1 saturated heterocycles. The van der Waals surface area contributed by atoms with E-state index in [1.165, 1.54) is 32.2 Å². The van der Waals surface area contributed by atoms with Gasteiger partial charge in [0.15, 0.2) is 0 Å². The van der Waals surface area contributed by atoms with Crippen molar-refractivity contribution in [2.24, 2.45) is 5.41 Å². The van der Waals surface area contributed by atoms with Gasteiger partial charge in [0.05, 0.1) is 0 Å². The first-order valence-corrected chi connectivity index (χ1v) is 6.11. The minimum absolute atomic E-state index is 0.472. The number of rotatable bonds is 0. The number of hydrogen-bond donors (Lipinski definition) is 1. The highest BCUT2D eigenvalue weighted by atomic mass is 14.9. The summed E-state index contributed by atoms with van der Waals surface area (Å²) in [6.07, 6.45) is 5.36. The van der Waals surface area contributed by atoms with E-state index in [1.54, 1.807) is 11.1 Å². The molecule has 1 aliphatic heterocycles. The lowest BCUT2D eigenvalue weighted by Gasteiger charge is -2.30. The Bertz CT molecular complexity index is 371. The molecule has 0 spiro atoms. The van der Waals surface area contributed by atoms with Crippen molar-refractivity contribution in [1.82, 2.24) is 5.32 Å². The molecule has 1 heterocycles. The van der Waals surface area contributed by atoms with Crippen LogP contribution in [0.5, 0.6) is 0 Å². The van der Waals surface area contributed by atoms with Crippen LogP contribution in [0.2, 0.25) is 0 Å². The third-order valence-corrected chi connectivity index (χ3v) is 4.18. The molecule has 2 unspecified atom stereocenters. The minimum atomic E-state index is 0.472. The quantitative estimate of drug-likeness (QED) is 0.680. The summed E-state index contributed by atoms with van der Waals surface area (Å²) in [4.78, 5) is 0. The van der Waals surface area contributed by atoms with Crippen LogP contribution in [0, 0.1) is 5.41 Å². The number of benzene rings is 1. The summed E-state index contributed by atoms with van der Waals surface area (Å²) in [5, 5.41) is 3.74. The fraction of sp³-hybridized carbons (Fsp3) is 0.571. The summed E-state index contributed by atoms with van der Waals surface area (Å²) in [6, 6.07) is 9.57. The molecule has 1 heteroatoms. The van der Waals surface area contributed by atoms with Gasteiger partial charge >= 0.3 is 0 Å². The predicted molar refractivity (Wildman–Crippen MR) is 62.8 cm³/mol. The van der Waals surface area contributed by atoms with Crippen LogP contribution < -0.4 is 5.32 Å².